The molecule has 0 radical (unpaired) electrons. The first-order chi connectivity index (χ1) is 9.69. The van der Waals surface area contributed by atoms with Crippen LogP contribution in [-0.4, -0.2) is 53.3 Å². The molecule has 0 aromatic rings. The van der Waals surface area contributed by atoms with E-state index < -0.39 is 16.2 Å². The van der Waals surface area contributed by atoms with E-state index in [4.69, 9.17) is 5.11 Å². The van der Waals surface area contributed by atoms with Crippen LogP contribution in [0, 0.1) is 11.3 Å². The zero-order chi connectivity index (χ0) is 15.5. The van der Waals surface area contributed by atoms with Crippen molar-refractivity contribution in [3.8, 4) is 0 Å². The molecule has 0 aromatic carbocycles. The molecule has 3 aliphatic rings. The molecule has 2 aliphatic heterocycles. The number of aliphatic carboxylic acids is 1. The normalized spacial score (nSPS) is 32.4. The topological polar surface area (TPSA) is 77.9 Å². The SMILES string of the molecule is CC1(C)CCCN1S(=O)(=O)N1CCC2(CC1)CC2C(=O)O. The van der Waals surface area contributed by atoms with Crippen LogP contribution >= 0.6 is 0 Å². The van der Waals surface area contributed by atoms with E-state index in [1.807, 2.05) is 13.8 Å². The van der Waals surface area contributed by atoms with E-state index in [9.17, 15) is 13.2 Å². The third-order valence-electron chi connectivity index (χ3n) is 5.64. The van der Waals surface area contributed by atoms with Gasteiger partial charge < -0.3 is 5.11 Å². The van der Waals surface area contributed by atoms with Crippen LogP contribution in [0.25, 0.3) is 0 Å². The second-order valence-corrected chi connectivity index (χ2v) is 9.21. The first kappa shape index (κ1) is 15.2. The van der Waals surface area contributed by atoms with Gasteiger partial charge >= 0.3 is 5.97 Å². The number of hydrogen-bond acceptors (Lipinski definition) is 3. The summed E-state index contributed by atoms with van der Waals surface area (Å²) in [6, 6.07) is 0. The zero-order valence-corrected chi connectivity index (χ0v) is 13.5. The molecule has 7 heteroatoms. The van der Waals surface area contributed by atoms with E-state index >= 15 is 0 Å². The number of carbonyl (C=O) groups is 1. The van der Waals surface area contributed by atoms with Gasteiger partial charge in [-0.2, -0.15) is 17.0 Å². The monoisotopic (exact) mass is 316 g/mol. The van der Waals surface area contributed by atoms with E-state index in [-0.39, 0.29) is 16.9 Å². The molecule has 1 spiro atoms. The summed E-state index contributed by atoms with van der Waals surface area (Å²) in [5, 5.41) is 9.10. The lowest BCUT2D eigenvalue weighted by Crippen LogP contribution is -2.52. The average molecular weight is 316 g/mol. The third kappa shape index (κ3) is 2.39. The second kappa shape index (κ2) is 4.67. The molecule has 21 heavy (non-hydrogen) atoms. The Morgan fingerprint density at radius 1 is 1.14 bits per heavy atom. The minimum Gasteiger partial charge on any atom is -0.481 e. The minimum atomic E-state index is -3.41. The summed E-state index contributed by atoms with van der Waals surface area (Å²) in [5.74, 6) is -0.988. The Morgan fingerprint density at radius 2 is 1.76 bits per heavy atom. The van der Waals surface area contributed by atoms with Gasteiger partial charge in [0.05, 0.1) is 5.92 Å². The van der Waals surface area contributed by atoms with Crippen LogP contribution < -0.4 is 0 Å². The predicted molar refractivity (Wildman–Crippen MR) is 77.9 cm³/mol. The summed E-state index contributed by atoms with van der Waals surface area (Å²) in [6.07, 6.45) is 3.87. The Morgan fingerprint density at radius 3 is 2.19 bits per heavy atom. The molecule has 1 unspecified atom stereocenters. The van der Waals surface area contributed by atoms with Crippen molar-refractivity contribution in [2.24, 2.45) is 11.3 Å². The minimum absolute atomic E-state index is 0.127. The molecule has 2 heterocycles. The Bertz CT molecular complexity index is 549. The standard InChI is InChI=1S/C14H24N2O4S/c1-13(2)4-3-7-16(13)21(19,20)15-8-5-14(6-9-15)10-11(14)12(17)18/h11H,3-10H2,1-2H3,(H,17,18). The molecule has 0 aromatic heterocycles. The molecule has 6 nitrogen and oxygen atoms in total. The molecule has 0 amide bonds. The van der Waals surface area contributed by atoms with Gasteiger partial charge in [-0.1, -0.05) is 0 Å². The van der Waals surface area contributed by atoms with E-state index in [1.165, 1.54) is 0 Å². The van der Waals surface area contributed by atoms with Gasteiger partial charge in [-0.3, -0.25) is 4.79 Å². The lowest BCUT2D eigenvalue weighted by atomic mass is 9.92. The van der Waals surface area contributed by atoms with Gasteiger partial charge in [0.15, 0.2) is 0 Å². The zero-order valence-electron chi connectivity index (χ0n) is 12.7. The molecule has 3 rings (SSSR count). The van der Waals surface area contributed by atoms with Crippen molar-refractivity contribution in [2.45, 2.75) is 51.5 Å². The van der Waals surface area contributed by atoms with Crippen LogP contribution in [0.15, 0.2) is 0 Å². The maximum Gasteiger partial charge on any atom is 0.307 e. The van der Waals surface area contributed by atoms with Crippen LogP contribution in [-0.2, 0) is 15.0 Å². The predicted octanol–water partition coefficient (Wildman–Crippen LogP) is 1.29. The second-order valence-electron chi connectivity index (χ2n) is 7.35. The van der Waals surface area contributed by atoms with Gasteiger partial charge in [0.25, 0.3) is 10.2 Å². The number of rotatable bonds is 3. The summed E-state index contributed by atoms with van der Waals surface area (Å²) >= 11 is 0. The van der Waals surface area contributed by atoms with Gasteiger partial charge in [0.1, 0.15) is 0 Å². The maximum atomic E-state index is 12.8. The summed E-state index contributed by atoms with van der Waals surface area (Å²) < 4.78 is 28.8. The Hall–Kier alpha value is -0.660. The summed E-state index contributed by atoms with van der Waals surface area (Å²) in [4.78, 5) is 11.1. The van der Waals surface area contributed by atoms with Gasteiger partial charge in [-0.25, -0.2) is 0 Å². The highest BCUT2D eigenvalue weighted by Crippen LogP contribution is 2.59. The third-order valence-corrected chi connectivity index (χ3v) is 7.89. The molecular weight excluding hydrogens is 292 g/mol. The van der Waals surface area contributed by atoms with Crippen molar-refractivity contribution in [3.05, 3.63) is 0 Å². The Kier molecular flexibility index (Phi) is 3.39. The Labute approximate surface area is 126 Å². The van der Waals surface area contributed by atoms with Crippen molar-refractivity contribution in [3.63, 3.8) is 0 Å². The smallest absolute Gasteiger partial charge is 0.307 e. The van der Waals surface area contributed by atoms with E-state index in [2.05, 4.69) is 0 Å². The quantitative estimate of drug-likeness (QED) is 0.851. The molecule has 1 saturated carbocycles. The van der Waals surface area contributed by atoms with Gasteiger partial charge in [0, 0.05) is 25.2 Å². The van der Waals surface area contributed by atoms with Crippen LogP contribution in [0.3, 0.4) is 0 Å². The van der Waals surface area contributed by atoms with E-state index in [0.29, 0.717) is 38.9 Å². The molecule has 120 valence electrons. The molecule has 0 bridgehead atoms. The maximum absolute atomic E-state index is 12.8. The van der Waals surface area contributed by atoms with Crippen molar-refractivity contribution < 1.29 is 18.3 Å². The van der Waals surface area contributed by atoms with Gasteiger partial charge in [0.2, 0.25) is 0 Å². The fraction of sp³-hybridized carbons (Fsp3) is 0.929. The number of hydrogen-bond donors (Lipinski definition) is 1. The van der Waals surface area contributed by atoms with Crippen LogP contribution in [0.2, 0.25) is 0 Å². The molecule has 1 atom stereocenters. The van der Waals surface area contributed by atoms with E-state index in [0.717, 1.165) is 12.8 Å². The highest BCUT2D eigenvalue weighted by Gasteiger charge is 2.60. The Balaban J connectivity index is 1.68. The van der Waals surface area contributed by atoms with Crippen LogP contribution in [0.1, 0.15) is 46.0 Å². The van der Waals surface area contributed by atoms with Crippen LogP contribution in [0.5, 0.6) is 0 Å². The molecule has 2 saturated heterocycles. The largest absolute Gasteiger partial charge is 0.481 e. The van der Waals surface area contributed by atoms with E-state index in [1.54, 1.807) is 8.61 Å². The first-order valence-electron chi connectivity index (χ1n) is 7.70. The van der Waals surface area contributed by atoms with Crippen molar-refractivity contribution in [1.82, 2.24) is 8.61 Å². The molecule has 3 fully saturated rings. The van der Waals surface area contributed by atoms with Crippen molar-refractivity contribution >= 4 is 16.2 Å². The van der Waals surface area contributed by atoms with Gasteiger partial charge in [-0.05, 0) is 51.4 Å². The van der Waals surface area contributed by atoms with Crippen molar-refractivity contribution in [2.75, 3.05) is 19.6 Å². The summed E-state index contributed by atoms with van der Waals surface area (Å²) in [7, 11) is -3.41. The number of piperidine rings is 1. The molecule has 1 N–H and O–H groups in total. The fourth-order valence-corrected chi connectivity index (χ4v) is 6.06. The highest BCUT2D eigenvalue weighted by atomic mass is 32.2. The number of carboxylic acid groups (broad SMARTS) is 1. The molecule has 1 aliphatic carbocycles. The fourth-order valence-electron chi connectivity index (χ4n) is 4.06. The van der Waals surface area contributed by atoms with Crippen molar-refractivity contribution in [1.29, 1.82) is 0 Å². The number of nitrogens with zero attached hydrogens (tertiary/aromatic N) is 2. The highest BCUT2D eigenvalue weighted by molar-refractivity contribution is 7.86. The average Bonchev–Trinajstić information content (AvgIpc) is 2.96. The van der Waals surface area contributed by atoms with Gasteiger partial charge in [-0.15, -0.1) is 0 Å². The first-order valence-corrected chi connectivity index (χ1v) is 9.10. The summed E-state index contributed by atoms with van der Waals surface area (Å²) in [5.41, 5.74) is -0.435. The summed E-state index contributed by atoms with van der Waals surface area (Å²) in [6.45, 7) is 5.46. The number of carboxylic acids is 1. The lowest BCUT2D eigenvalue weighted by Gasteiger charge is -2.38. The van der Waals surface area contributed by atoms with Crippen LogP contribution in [0.4, 0.5) is 0 Å². The lowest BCUT2D eigenvalue weighted by molar-refractivity contribution is -0.139. The molecular formula is C14H24N2O4S.